The first-order chi connectivity index (χ1) is 23.0. The fraction of sp³-hybridized carbons (Fsp3) is 0.294. The Kier molecular flexibility index (Phi) is 9.12. The summed E-state index contributed by atoms with van der Waals surface area (Å²) in [7, 11) is 1.82. The average molecular weight is 689 g/mol. The number of rotatable bonds is 7. The number of halogens is 3. The monoisotopic (exact) mass is 688 g/mol. The molecule has 0 bridgehead atoms. The third-order valence-corrected chi connectivity index (χ3v) is 9.91. The number of pyridine rings is 2. The maximum Gasteiger partial charge on any atom is 0.338 e. The van der Waals surface area contributed by atoms with Crippen LogP contribution in [0.15, 0.2) is 46.8 Å². The Morgan fingerprint density at radius 2 is 2.02 bits per heavy atom. The van der Waals surface area contributed by atoms with E-state index in [1.807, 2.05) is 7.05 Å². The van der Waals surface area contributed by atoms with Crippen LogP contribution in [-0.2, 0) is 6.54 Å². The Labute approximate surface area is 282 Å². The Bertz CT molecular complexity index is 2250. The minimum atomic E-state index is -2.38. The van der Waals surface area contributed by atoms with Crippen LogP contribution in [0.4, 0.5) is 14.6 Å². The molecular formula is C34H29ClF2N7O3S+. The Hall–Kier alpha value is -4.95. The molecule has 10 nitrogen and oxygen atoms in total. The zero-order valence-corrected chi connectivity index (χ0v) is 27.5. The average Bonchev–Trinajstić information content (AvgIpc) is 3.49. The predicted octanol–water partition coefficient (Wildman–Crippen LogP) is 5.94. The van der Waals surface area contributed by atoms with Gasteiger partial charge in [0.25, 0.3) is 12.0 Å². The van der Waals surface area contributed by atoms with Crippen LogP contribution in [0.1, 0.15) is 40.2 Å². The highest BCUT2D eigenvalue weighted by Gasteiger charge is 2.33. The third kappa shape index (κ3) is 6.45. The number of hydrogen-bond acceptors (Lipinski definition) is 8. The van der Waals surface area contributed by atoms with Crippen molar-refractivity contribution in [2.24, 2.45) is 0 Å². The molecule has 5 aromatic rings. The number of quaternary nitrogens is 1. The molecule has 0 radical (unpaired) electrons. The maximum absolute atomic E-state index is 13.8. The van der Waals surface area contributed by atoms with Crippen LogP contribution in [0.25, 0.3) is 32.2 Å². The van der Waals surface area contributed by atoms with Gasteiger partial charge in [-0.3, -0.25) is 14.3 Å². The second kappa shape index (κ2) is 13.3. The van der Waals surface area contributed by atoms with Gasteiger partial charge in [-0.05, 0) is 31.2 Å². The first-order valence-electron chi connectivity index (χ1n) is 15.0. The molecule has 14 heteroatoms. The predicted molar refractivity (Wildman–Crippen MR) is 181 cm³/mol. The van der Waals surface area contributed by atoms with Crippen LogP contribution in [0.3, 0.4) is 0 Å². The summed E-state index contributed by atoms with van der Waals surface area (Å²) < 4.78 is 28.5. The van der Waals surface area contributed by atoms with Crippen molar-refractivity contribution in [1.29, 1.82) is 5.26 Å². The molecule has 2 N–H and O–H groups in total. The fourth-order valence-electron chi connectivity index (χ4n) is 6.13. The summed E-state index contributed by atoms with van der Waals surface area (Å²) in [4.78, 5) is 38.8. The molecule has 4 aromatic heterocycles. The first-order valence-corrected chi connectivity index (χ1v) is 16.3. The van der Waals surface area contributed by atoms with E-state index in [-0.39, 0.29) is 51.5 Å². The number of hydrogen-bond donors (Lipinski definition) is 2. The minimum absolute atomic E-state index is 0.0250. The molecule has 1 saturated heterocycles. The van der Waals surface area contributed by atoms with E-state index in [9.17, 15) is 28.7 Å². The second-order valence-electron chi connectivity index (χ2n) is 11.9. The molecule has 1 fully saturated rings. The lowest BCUT2D eigenvalue weighted by atomic mass is 10.00. The zero-order valence-electron chi connectivity index (χ0n) is 25.9. The fourth-order valence-corrected chi connectivity index (χ4v) is 7.33. The highest BCUT2D eigenvalue weighted by Crippen LogP contribution is 2.36. The van der Waals surface area contributed by atoms with Gasteiger partial charge >= 0.3 is 5.97 Å². The summed E-state index contributed by atoms with van der Waals surface area (Å²) in [5.41, 5.74) is 2.43. The lowest BCUT2D eigenvalue weighted by molar-refractivity contribution is -0.917. The van der Waals surface area contributed by atoms with Gasteiger partial charge in [0, 0.05) is 52.2 Å². The number of aromatic nitrogens is 4. The number of nitrogens with zero attached hydrogens (tertiary/aromatic N) is 6. The van der Waals surface area contributed by atoms with Gasteiger partial charge in [-0.1, -0.05) is 23.4 Å². The van der Waals surface area contributed by atoms with E-state index in [0.29, 0.717) is 58.1 Å². The number of carbonyl (C=O) groups is 1. The second-order valence-corrected chi connectivity index (χ2v) is 13.3. The van der Waals surface area contributed by atoms with E-state index in [4.69, 9.17) is 11.6 Å². The number of fused-ring (bicyclic) bond motifs is 2. The van der Waals surface area contributed by atoms with E-state index in [1.54, 1.807) is 42.8 Å². The van der Waals surface area contributed by atoms with Crippen molar-refractivity contribution in [3.05, 3.63) is 79.9 Å². The summed E-state index contributed by atoms with van der Waals surface area (Å²) in [6, 6.07) is 9.02. The molecule has 6 rings (SSSR count). The summed E-state index contributed by atoms with van der Waals surface area (Å²) in [6.07, 6.45) is 1.85. The van der Waals surface area contributed by atoms with Gasteiger partial charge in [0.15, 0.2) is 0 Å². The lowest BCUT2D eigenvalue weighted by Crippen LogP contribution is -2.54. The van der Waals surface area contributed by atoms with Crippen molar-refractivity contribution in [1.82, 2.24) is 19.5 Å². The molecule has 0 unspecified atom stereocenters. The van der Waals surface area contributed by atoms with Crippen molar-refractivity contribution in [3.8, 4) is 29.0 Å². The largest absolute Gasteiger partial charge is 0.478 e. The van der Waals surface area contributed by atoms with Gasteiger partial charge in [-0.2, -0.15) is 5.26 Å². The Balaban J connectivity index is 1.31. The van der Waals surface area contributed by atoms with Crippen LogP contribution in [0.5, 0.6) is 0 Å². The van der Waals surface area contributed by atoms with Crippen molar-refractivity contribution in [3.63, 3.8) is 0 Å². The summed E-state index contributed by atoms with van der Waals surface area (Å²) in [6.45, 7) is 2.56. The minimum Gasteiger partial charge on any atom is -0.478 e. The molecule has 1 aromatic carbocycles. The SMILES string of the molecule is Cc1nc2cnc(NC3CC[N+](C)(CC(F)F)CC3)c(C#N)c2c(=O)n1CC#Cc1ccc(Cl)cc1-c1ccnc2c(C(=O)O)csc12. The van der Waals surface area contributed by atoms with Crippen LogP contribution in [0, 0.1) is 30.1 Å². The van der Waals surface area contributed by atoms with E-state index >= 15 is 0 Å². The zero-order chi connectivity index (χ0) is 34.2. The number of thiophene rings is 1. The standard InChI is InChI=1S/C34H28ClF2N7O3S/c1-19-41-27-16-40-32(42-22-8-12-44(2,13-9-22)17-28(36)37)25(15-38)29(27)33(45)43(19)11-3-4-20-5-6-21(35)14-24(20)23-7-10-39-30-26(34(46)47)18-48-31(23)30/h5-7,10,14,16,18,22,28H,8-9,11-13,17H2,1-2H3,(H-,40,42,46,47)/p+1. The normalized spacial score (nSPS) is 17.6. The molecular weight excluding hydrogens is 660 g/mol. The molecule has 0 amide bonds. The van der Waals surface area contributed by atoms with Crippen molar-refractivity contribution < 1.29 is 23.2 Å². The van der Waals surface area contributed by atoms with E-state index < -0.39 is 18.0 Å². The maximum atomic E-state index is 13.8. The van der Waals surface area contributed by atoms with Crippen LogP contribution >= 0.6 is 22.9 Å². The van der Waals surface area contributed by atoms with E-state index in [1.165, 1.54) is 22.1 Å². The summed E-state index contributed by atoms with van der Waals surface area (Å²) >= 11 is 7.63. The smallest absolute Gasteiger partial charge is 0.338 e. The van der Waals surface area contributed by atoms with Crippen LogP contribution < -0.4 is 10.9 Å². The number of benzene rings is 1. The number of carboxylic acid groups (broad SMARTS) is 1. The Morgan fingerprint density at radius 3 is 2.73 bits per heavy atom. The van der Waals surface area contributed by atoms with Crippen LogP contribution in [0.2, 0.25) is 5.02 Å². The van der Waals surface area contributed by atoms with Gasteiger partial charge in [-0.15, -0.1) is 11.3 Å². The molecule has 1 aliphatic rings. The highest BCUT2D eigenvalue weighted by atomic mass is 35.5. The summed E-state index contributed by atoms with van der Waals surface area (Å²) in [5, 5.41) is 25.1. The topological polar surface area (TPSA) is 134 Å². The molecule has 1 aliphatic heterocycles. The number of likely N-dealkylation sites (tertiary alicyclic amines) is 1. The number of nitrogens with one attached hydrogen (secondary N) is 1. The van der Waals surface area contributed by atoms with E-state index in [0.717, 1.165) is 5.56 Å². The lowest BCUT2D eigenvalue weighted by Gasteiger charge is -2.40. The van der Waals surface area contributed by atoms with Crippen LogP contribution in [-0.4, -0.2) is 74.2 Å². The number of alkyl halides is 2. The number of piperidine rings is 1. The Morgan fingerprint density at radius 1 is 1.25 bits per heavy atom. The number of nitriles is 1. The highest BCUT2D eigenvalue weighted by molar-refractivity contribution is 7.18. The molecule has 0 saturated carbocycles. The van der Waals surface area contributed by atoms with Gasteiger partial charge in [0.1, 0.15) is 29.8 Å². The third-order valence-electron chi connectivity index (χ3n) is 8.67. The van der Waals surface area contributed by atoms with Crippen molar-refractivity contribution in [2.45, 2.75) is 38.8 Å². The number of anilines is 1. The molecule has 244 valence electrons. The van der Waals surface area contributed by atoms with E-state index in [2.05, 4.69) is 38.2 Å². The number of carboxylic acids is 1. The molecule has 0 atom stereocenters. The molecule has 0 aliphatic carbocycles. The number of aromatic carboxylic acids is 1. The van der Waals surface area contributed by atoms with Gasteiger partial charge in [0.05, 0.1) is 59.6 Å². The molecule has 0 spiro atoms. The van der Waals surface area contributed by atoms with Gasteiger partial charge in [0.2, 0.25) is 0 Å². The summed E-state index contributed by atoms with van der Waals surface area (Å²) in [5.74, 6) is 5.77. The van der Waals surface area contributed by atoms with Crippen molar-refractivity contribution in [2.75, 3.05) is 32.0 Å². The quantitative estimate of drug-likeness (QED) is 0.159. The molecule has 5 heterocycles. The van der Waals surface area contributed by atoms with Gasteiger partial charge in [-0.25, -0.2) is 23.5 Å². The van der Waals surface area contributed by atoms with Crippen molar-refractivity contribution >= 4 is 55.8 Å². The first kappa shape index (κ1) is 33.0. The number of aryl methyl sites for hydroxylation is 1. The van der Waals surface area contributed by atoms with Gasteiger partial charge < -0.3 is 14.9 Å². The molecule has 48 heavy (non-hydrogen) atoms.